The summed E-state index contributed by atoms with van der Waals surface area (Å²) in [4.78, 5) is 11.4. The van der Waals surface area contributed by atoms with Crippen molar-refractivity contribution in [3.05, 3.63) is 0 Å². The van der Waals surface area contributed by atoms with Crippen LogP contribution < -0.4 is 5.32 Å². The van der Waals surface area contributed by atoms with Crippen LogP contribution in [-0.4, -0.2) is 38.4 Å². The van der Waals surface area contributed by atoms with E-state index < -0.39 is 0 Å². The van der Waals surface area contributed by atoms with Gasteiger partial charge in [0, 0.05) is 13.2 Å². The van der Waals surface area contributed by atoms with Gasteiger partial charge in [-0.2, -0.15) is 0 Å². The normalized spacial score (nSPS) is 15.1. The Bertz CT molecular complexity index is 183. The fraction of sp³-hybridized carbons (Fsp3) is 0.909. The van der Waals surface area contributed by atoms with Crippen molar-refractivity contribution >= 4 is 5.97 Å². The Morgan fingerprint density at radius 3 is 2.33 bits per heavy atom. The molecule has 4 heteroatoms. The van der Waals surface area contributed by atoms with Crippen LogP contribution in [0.5, 0.6) is 0 Å². The Hall–Kier alpha value is -0.610. The van der Waals surface area contributed by atoms with Crippen LogP contribution >= 0.6 is 0 Å². The summed E-state index contributed by atoms with van der Waals surface area (Å²) < 4.78 is 10.0. The lowest BCUT2D eigenvalue weighted by Gasteiger charge is -2.24. The number of methoxy groups -OCH3 is 1. The second-order valence-corrected chi connectivity index (χ2v) is 3.95. The molecule has 0 aromatic rings. The minimum atomic E-state index is -0.285. The molecule has 0 saturated heterocycles. The van der Waals surface area contributed by atoms with Crippen LogP contribution in [0.4, 0.5) is 0 Å². The summed E-state index contributed by atoms with van der Waals surface area (Å²) in [6.07, 6.45) is 0. The molecule has 0 rings (SSSR count). The van der Waals surface area contributed by atoms with Crippen molar-refractivity contribution in [2.75, 3.05) is 20.3 Å². The molecule has 0 radical (unpaired) electrons. The largest absolute Gasteiger partial charge is 0.465 e. The highest BCUT2D eigenvalue weighted by atomic mass is 16.5. The Kier molecular flexibility index (Phi) is 7.34. The summed E-state index contributed by atoms with van der Waals surface area (Å²) in [6, 6.07) is -0.109. The quantitative estimate of drug-likeness (QED) is 0.651. The third-order valence-electron chi connectivity index (χ3n) is 2.26. The molecule has 0 bridgehead atoms. The van der Waals surface area contributed by atoms with Crippen LogP contribution in [0, 0.1) is 5.92 Å². The molecule has 0 spiro atoms. The monoisotopic (exact) mass is 217 g/mol. The predicted octanol–water partition coefficient (Wildman–Crippen LogP) is 1.20. The first-order valence-electron chi connectivity index (χ1n) is 5.44. The average molecular weight is 217 g/mol. The van der Waals surface area contributed by atoms with Gasteiger partial charge in [-0.15, -0.1) is 0 Å². The molecule has 0 fully saturated rings. The number of hydrogen-bond acceptors (Lipinski definition) is 4. The van der Waals surface area contributed by atoms with Gasteiger partial charge in [-0.3, -0.25) is 10.1 Å². The number of rotatable bonds is 7. The highest BCUT2D eigenvalue weighted by Gasteiger charge is 2.20. The Balaban J connectivity index is 4.09. The summed E-state index contributed by atoms with van der Waals surface area (Å²) in [5.41, 5.74) is 0. The van der Waals surface area contributed by atoms with Crippen molar-refractivity contribution in [1.29, 1.82) is 0 Å². The Labute approximate surface area is 92.3 Å². The topological polar surface area (TPSA) is 47.6 Å². The summed E-state index contributed by atoms with van der Waals surface area (Å²) in [7, 11) is 1.66. The van der Waals surface area contributed by atoms with E-state index in [9.17, 15) is 4.79 Å². The maximum absolute atomic E-state index is 11.4. The first kappa shape index (κ1) is 14.4. The van der Waals surface area contributed by atoms with E-state index in [0.29, 0.717) is 19.1 Å². The van der Waals surface area contributed by atoms with Crippen molar-refractivity contribution in [2.24, 2.45) is 5.92 Å². The lowest BCUT2D eigenvalue weighted by molar-refractivity contribution is -0.145. The number of carbonyl (C=O) groups excluding carboxylic acids is 1. The van der Waals surface area contributed by atoms with Crippen LogP contribution in [0.25, 0.3) is 0 Å². The Morgan fingerprint density at radius 1 is 1.33 bits per heavy atom. The second kappa shape index (κ2) is 7.65. The van der Waals surface area contributed by atoms with E-state index in [0.717, 1.165) is 0 Å². The Morgan fingerprint density at radius 2 is 1.93 bits per heavy atom. The van der Waals surface area contributed by atoms with Crippen molar-refractivity contribution in [1.82, 2.24) is 5.32 Å². The summed E-state index contributed by atoms with van der Waals surface area (Å²) in [5, 5.41) is 3.20. The van der Waals surface area contributed by atoms with Crippen LogP contribution in [0.2, 0.25) is 0 Å². The molecular weight excluding hydrogens is 194 g/mol. The van der Waals surface area contributed by atoms with E-state index >= 15 is 0 Å². The number of esters is 1. The van der Waals surface area contributed by atoms with Crippen molar-refractivity contribution in [2.45, 2.75) is 39.8 Å². The molecule has 0 saturated carbocycles. The first-order chi connectivity index (χ1) is 7.02. The van der Waals surface area contributed by atoms with Gasteiger partial charge in [-0.25, -0.2) is 0 Å². The number of ether oxygens (including phenoxy) is 2. The zero-order valence-corrected chi connectivity index (χ0v) is 10.4. The van der Waals surface area contributed by atoms with E-state index in [1.807, 2.05) is 6.92 Å². The molecule has 4 nitrogen and oxygen atoms in total. The molecule has 0 aliphatic carbocycles. The van der Waals surface area contributed by atoms with Gasteiger partial charge in [0.25, 0.3) is 0 Å². The molecule has 0 heterocycles. The van der Waals surface area contributed by atoms with Crippen molar-refractivity contribution in [3.8, 4) is 0 Å². The SMILES string of the molecule is CCOC(=O)C(C)NC(COC)C(C)C. The molecule has 0 amide bonds. The minimum absolute atomic E-state index is 0.175. The number of carbonyl (C=O) groups is 1. The maximum atomic E-state index is 11.4. The van der Waals surface area contributed by atoms with Crippen LogP contribution in [-0.2, 0) is 14.3 Å². The standard InChI is InChI=1S/C11H23NO3/c1-6-15-11(13)9(4)12-10(7-14-5)8(2)3/h8-10,12H,6-7H2,1-5H3. The van der Waals surface area contributed by atoms with Gasteiger partial charge in [0.15, 0.2) is 0 Å². The molecule has 90 valence electrons. The van der Waals surface area contributed by atoms with Gasteiger partial charge in [-0.05, 0) is 19.8 Å². The predicted molar refractivity (Wildman–Crippen MR) is 59.7 cm³/mol. The van der Waals surface area contributed by atoms with Crippen LogP contribution in [0.1, 0.15) is 27.7 Å². The van der Waals surface area contributed by atoms with Crippen molar-refractivity contribution < 1.29 is 14.3 Å². The van der Waals surface area contributed by atoms with E-state index in [-0.39, 0.29) is 18.1 Å². The van der Waals surface area contributed by atoms with Gasteiger partial charge < -0.3 is 9.47 Å². The van der Waals surface area contributed by atoms with Gasteiger partial charge >= 0.3 is 5.97 Å². The molecule has 0 aromatic carbocycles. The lowest BCUT2D eigenvalue weighted by atomic mass is 10.0. The zero-order chi connectivity index (χ0) is 11.8. The second-order valence-electron chi connectivity index (χ2n) is 3.95. The third kappa shape index (κ3) is 5.74. The summed E-state index contributed by atoms with van der Waals surface area (Å²) in [5.74, 6) is 0.209. The van der Waals surface area contributed by atoms with E-state index in [1.165, 1.54) is 0 Å². The maximum Gasteiger partial charge on any atom is 0.322 e. The smallest absolute Gasteiger partial charge is 0.322 e. The molecule has 0 aliphatic rings. The van der Waals surface area contributed by atoms with Gasteiger partial charge in [0.05, 0.1) is 13.2 Å². The van der Waals surface area contributed by atoms with Gasteiger partial charge in [-0.1, -0.05) is 13.8 Å². The third-order valence-corrected chi connectivity index (χ3v) is 2.26. The zero-order valence-electron chi connectivity index (χ0n) is 10.4. The number of nitrogens with one attached hydrogen (secondary N) is 1. The van der Waals surface area contributed by atoms with Gasteiger partial charge in [0.1, 0.15) is 6.04 Å². The fourth-order valence-electron chi connectivity index (χ4n) is 1.27. The first-order valence-corrected chi connectivity index (χ1v) is 5.44. The molecular formula is C11H23NO3. The van der Waals surface area contributed by atoms with E-state index in [1.54, 1.807) is 14.0 Å². The highest BCUT2D eigenvalue weighted by Crippen LogP contribution is 2.03. The summed E-state index contributed by atoms with van der Waals surface area (Å²) >= 11 is 0. The molecule has 2 unspecified atom stereocenters. The lowest BCUT2D eigenvalue weighted by Crippen LogP contribution is -2.46. The molecule has 2 atom stereocenters. The van der Waals surface area contributed by atoms with E-state index in [4.69, 9.17) is 9.47 Å². The molecule has 15 heavy (non-hydrogen) atoms. The molecule has 0 aromatic heterocycles. The van der Waals surface area contributed by atoms with Gasteiger partial charge in [0.2, 0.25) is 0 Å². The van der Waals surface area contributed by atoms with Crippen LogP contribution in [0.15, 0.2) is 0 Å². The highest BCUT2D eigenvalue weighted by molar-refractivity contribution is 5.75. The van der Waals surface area contributed by atoms with E-state index in [2.05, 4.69) is 19.2 Å². The average Bonchev–Trinajstić information content (AvgIpc) is 2.17. The van der Waals surface area contributed by atoms with Crippen LogP contribution in [0.3, 0.4) is 0 Å². The number of hydrogen-bond donors (Lipinski definition) is 1. The summed E-state index contributed by atoms with van der Waals surface area (Å²) in [6.45, 7) is 8.81. The van der Waals surface area contributed by atoms with Crippen molar-refractivity contribution in [3.63, 3.8) is 0 Å². The molecule has 0 aliphatic heterocycles. The molecule has 1 N–H and O–H groups in total. The minimum Gasteiger partial charge on any atom is -0.465 e. The fourth-order valence-corrected chi connectivity index (χ4v) is 1.27.